The number of hydrogen-bond acceptors (Lipinski definition) is 6. The van der Waals surface area contributed by atoms with E-state index in [-0.39, 0.29) is 17.9 Å². The molecule has 7 heteroatoms. The third kappa shape index (κ3) is 4.95. The Balaban J connectivity index is 1.52. The van der Waals surface area contributed by atoms with Crippen LogP contribution in [0, 0.1) is 0 Å². The maximum Gasteiger partial charge on any atom is 0.261 e. The van der Waals surface area contributed by atoms with Crippen LogP contribution in [0.4, 0.5) is 0 Å². The lowest BCUT2D eigenvalue weighted by atomic mass is 9.87. The second-order valence-corrected chi connectivity index (χ2v) is 8.19. The third-order valence-corrected chi connectivity index (χ3v) is 4.89. The van der Waals surface area contributed by atoms with E-state index >= 15 is 0 Å². The van der Waals surface area contributed by atoms with Gasteiger partial charge in [-0.3, -0.25) is 4.79 Å². The predicted octanol–water partition coefficient (Wildman–Crippen LogP) is 4.18. The van der Waals surface area contributed by atoms with E-state index < -0.39 is 6.10 Å². The minimum Gasteiger partial charge on any atom is -0.481 e. The van der Waals surface area contributed by atoms with Gasteiger partial charge in [-0.1, -0.05) is 44.1 Å². The topological polar surface area (TPSA) is 77.2 Å². The average Bonchev–Trinajstić information content (AvgIpc) is 3.30. The van der Waals surface area contributed by atoms with E-state index in [0.29, 0.717) is 17.5 Å². The van der Waals surface area contributed by atoms with Gasteiger partial charge in [0.15, 0.2) is 6.10 Å². The standard InChI is InChI=1S/C20H23N3O3S/c1-13(25-15-9-7-14(8-10-15)20(2,3)4)19(24)21-12-17-22-18(23-26-17)16-6-5-11-27-16/h5-11,13H,12H2,1-4H3,(H,21,24). The number of nitrogens with one attached hydrogen (secondary N) is 1. The number of carbonyl (C=O) groups is 1. The molecule has 0 radical (unpaired) electrons. The zero-order valence-corrected chi connectivity index (χ0v) is 16.7. The summed E-state index contributed by atoms with van der Waals surface area (Å²) in [5.41, 5.74) is 1.29. The monoisotopic (exact) mass is 385 g/mol. The summed E-state index contributed by atoms with van der Waals surface area (Å²) >= 11 is 1.53. The molecule has 27 heavy (non-hydrogen) atoms. The van der Waals surface area contributed by atoms with Crippen LogP contribution in [0.1, 0.15) is 39.1 Å². The molecule has 0 saturated carbocycles. The number of thiophene rings is 1. The number of rotatable bonds is 6. The number of ether oxygens (including phenoxy) is 1. The number of hydrogen-bond donors (Lipinski definition) is 1. The highest BCUT2D eigenvalue weighted by molar-refractivity contribution is 7.13. The molecular formula is C20H23N3O3S. The third-order valence-electron chi connectivity index (χ3n) is 4.03. The molecule has 1 amide bonds. The van der Waals surface area contributed by atoms with E-state index in [2.05, 4.69) is 36.2 Å². The van der Waals surface area contributed by atoms with Gasteiger partial charge in [0.1, 0.15) is 5.75 Å². The Morgan fingerprint density at radius 3 is 2.63 bits per heavy atom. The predicted molar refractivity (Wildman–Crippen MR) is 105 cm³/mol. The number of carbonyl (C=O) groups excluding carboxylic acids is 1. The van der Waals surface area contributed by atoms with Gasteiger partial charge in [-0.25, -0.2) is 0 Å². The quantitative estimate of drug-likeness (QED) is 0.689. The maximum absolute atomic E-state index is 12.3. The zero-order chi connectivity index (χ0) is 19.4. The maximum atomic E-state index is 12.3. The molecular weight excluding hydrogens is 362 g/mol. The SMILES string of the molecule is CC(Oc1ccc(C(C)(C)C)cc1)C(=O)NCc1nc(-c2cccs2)no1. The van der Waals surface area contributed by atoms with Gasteiger partial charge < -0.3 is 14.6 Å². The molecule has 3 rings (SSSR count). The first-order valence-corrected chi connectivity index (χ1v) is 9.62. The molecule has 1 N–H and O–H groups in total. The fourth-order valence-corrected chi connectivity index (χ4v) is 3.08. The lowest BCUT2D eigenvalue weighted by Gasteiger charge is -2.20. The molecule has 0 aliphatic rings. The molecule has 0 aliphatic heterocycles. The van der Waals surface area contributed by atoms with E-state index in [9.17, 15) is 4.79 Å². The van der Waals surface area contributed by atoms with Gasteiger partial charge in [-0.2, -0.15) is 4.98 Å². The molecule has 1 unspecified atom stereocenters. The smallest absolute Gasteiger partial charge is 0.261 e. The van der Waals surface area contributed by atoms with Crippen molar-refractivity contribution in [3.05, 3.63) is 53.2 Å². The number of amides is 1. The van der Waals surface area contributed by atoms with Crippen LogP contribution in [0.5, 0.6) is 5.75 Å². The van der Waals surface area contributed by atoms with Gasteiger partial charge in [-0.15, -0.1) is 11.3 Å². The molecule has 3 aromatic rings. The average molecular weight is 385 g/mol. The van der Waals surface area contributed by atoms with Gasteiger partial charge >= 0.3 is 0 Å². The van der Waals surface area contributed by atoms with Crippen molar-refractivity contribution in [3.8, 4) is 16.5 Å². The normalized spacial score (nSPS) is 12.6. The Bertz CT molecular complexity index is 880. The molecule has 2 heterocycles. The van der Waals surface area contributed by atoms with Crippen LogP contribution in [0.15, 0.2) is 46.3 Å². The Hall–Kier alpha value is -2.67. The Morgan fingerprint density at radius 1 is 1.26 bits per heavy atom. The molecule has 1 aromatic carbocycles. The van der Waals surface area contributed by atoms with Crippen molar-refractivity contribution in [2.24, 2.45) is 0 Å². The Labute approximate surface area is 162 Å². The zero-order valence-electron chi connectivity index (χ0n) is 15.9. The fraction of sp³-hybridized carbons (Fsp3) is 0.350. The van der Waals surface area contributed by atoms with Crippen molar-refractivity contribution >= 4 is 17.2 Å². The molecule has 142 valence electrons. The van der Waals surface area contributed by atoms with Gasteiger partial charge in [0, 0.05) is 0 Å². The minimum atomic E-state index is -0.634. The van der Waals surface area contributed by atoms with Crippen LogP contribution >= 0.6 is 11.3 Å². The largest absolute Gasteiger partial charge is 0.481 e. The highest BCUT2D eigenvalue weighted by Crippen LogP contribution is 2.25. The first-order chi connectivity index (χ1) is 12.8. The minimum absolute atomic E-state index is 0.0769. The lowest BCUT2D eigenvalue weighted by Crippen LogP contribution is -2.36. The summed E-state index contributed by atoms with van der Waals surface area (Å²) in [4.78, 5) is 17.5. The van der Waals surface area contributed by atoms with Crippen LogP contribution in [0.25, 0.3) is 10.7 Å². The van der Waals surface area contributed by atoms with E-state index in [1.54, 1.807) is 6.92 Å². The number of aromatic nitrogens is 2. The Kier molecular flexibility index (Phi) is 5.60. The van der Waals surface area contributed by atoms with Gasteiger partial charge in [-0.05, 0) is 41.5 Å². The van der Waals surface area contributed by atoms with Crippen molar-refractivity contribution < 1.29 is 14.1 Å². The summed E-state index contributed by atoms with van der Waals surface area (Å²) in [6, 6.07) is 11.6. The van der Waals surface area contributed by atoms with Crippen LogP contribution in [-0.4, -0.2) is 22.2 Å². The number of nitrogens with zero attached hydrogens (tertiary/aromatic N) is 2. The molecule has 0 spiro atoms. The lowest BCUT2D eigenvalue weighted by molar-refractivity contribution is -0.127. The van der Waals surface area contributed by atoms with Crippen molar-refractivity contribution in [2.45, 2.75) is 45.8 Å². The van der Waals surface area contributed by atoms with Crippen molar-refractivity contribution in [1.29, 1.82) is 0 Å². The summed E-state index contributed by atoms with van der Waals surface area (Å²) in [5, 5.41) is 8.62. The fourth-order valence-electron chi connectivity index (χ4n) is 2.43. The second kappa shape index (κ2) is 7.92. The van der Waals surface area contributed by atoms with Crippen LogP contribution in [-0.2, 0) is 16.8 Å². The summed E-state index contributed by atoms with van der Waals surface area (Å²) in [5.74, 6) is 1.29. The number of benzene rings is 1. The first kappa shape index (κ1) is 19.1. The first-order valence-electron chi connectivity index (χ1n) is 8.74. The second-order valence-electron chi connectivity index (χ2n) is 7.24. The van der Waals surface area contributed by atoms with Crippen LogP contribution in [0.3, 0.4) is 0 Å². The summed E-state index contributed by atoms with van der Waals surface area (Å²) < 4.78 is 10.9. The van der Waals surface area contributed by atoms with Gasteiger partial charge in [0.05, 0.1) is 11.4 Å². The molecule has 0 fully saturated rings. The summed E-state index contributed by atoms with van der Waals surface area (Å²) in [6.45, 7) is 8.33. The summed E-state index contributed by atoms with van der Waals surface area (Å²) in [7, 11) is 0. The van der Waals surface area contributed by atoms with E-state index in [1.807, 2.05) is 41.8 Å². The molecule has 0 saturated heterocycles. The van der Waals surface area contributed by atoms with Crippen LogP contribution < -0.4 is 10.1 Å². The summed E-state index contributed by atoms with van der Waals surface area (Å²) in [6.07, 6.45) is -0.634. The Morgan fingerprint density at radius 2 is 2.00 bits per heavy atom. The molecule has 2 aromatic heterocycles. The highest BCUT2D eigenvalue weighted by Gasteiger charge is 2.18. The van der Waals surface area contributed by atoms with E-state index in [4.69, 9.17) is 9.26 Å². The van der Waals surface area contributed by atoms with Crippen molar-refractivity contribution in [2.75, 3.05) is 0 Å². The van der Waals surface area contributed by atoms with Crippen LogP contribution in [0.2, 0.25) is 0 Å². The van der Waals surface area contributed by atoms with Crippen molar-refractivity contribution in [1.82, 2.24) is 15.5 Å². The molecule has 6 nitrogen and oxygen atoms in total. The van der Waals surface area contributed by atoms with Gasteiger partial charge in [0.25, 0.3) is 5.91 Å². The van der Waals surface area contributed by atoms with Gasteiger partial charge in [0.2, 0.25) is 11.7 Å². The highest BCUT2D eigenvalue weighted by atomic mass is 32.1. The van der Waals surface area contributed by atoms with E-state index in [0.717, 1.165) is 4.88 Å². The van der Waals surface area contributed by atoms with E-state index in [1.165, 1.54) is 16.9 Å². The van der Waals surface area contributed by atoms with Crippen molar-refractivity contribution in [3.63, 3.8) is 0 Å². The molecule has 1 atom stereocenters. The molecule has 0 bridgehead atoms. The molecule has 0 aliphatic carbocycles.